The molecule has 1 atom stereocenters. The summed E-state index contributed by atoms with van der Waals surface area (Å²) in [5.74, 6) is -0.660. The molecule has 1 aromatic carbocycles. The Morgan fingerprint density at radius 2 is 1.90 bits per heavy atom. The van der Waals surface area contributed by atoms with Crippen LogP contribution in [0.4, 0.5) is 5.00 Å². The van der Waals surface area contributed by atoms with Gasteiger partial charge in [0.2, 0.25) is 5.91 Å². The number of carbonyl (C=O) groups excluding carboxylic acids is 2. The van der Waals surface area contributed by atoms with Crippen molar-refractivity contribution in [3.8, 4) is 11.3 Å². The number of thioether (sulfide) groups is 1. The number of anilines is 1. The van der Waals surface area contributed by atoms with E-state index >= 15 is 0 Å². The fraction of sp³-hybridized carbons (Fsp3) is 0.238. The van der Waals surface area contributed by atoms with E-state index in [-0.39, 0.29) is 5.91 Å². The van der Waals surface area contributed by atoms with Crippen LogP contribution in [0, 0.1) is 13.8 Å². The topological polar surface area (TPSA) is 81.2 Å². The first-order valence-corrected chi connectivity index (χ1v) is 10.6. The monoisotopic (exact) mass is 427 g/mol. The maximum absolute atomic E-state index is 12.7. The molecular weight excluding hydrogens is 406 g/mol. The summed E-state index contributed by atoms with van der Waals surface area (Å²) in [7, 11) is 1.33. The second-order valence-corrected chi connectivity index (χ2v) is 8.92. The largest absolute Gasteiger partial charge is 0.465 e. The highest BCUT2D eigenvalue weighted by Gasteiger charge is 2.24. The van der Waals surface area contributed by atoms with E-state index in [2.05, 4.69) is 15.3 Å². The molecule has 1 N–H and O–H groups in total. The predicted octanol–water partition coefficient (Wildman–Crippen LogP) is 4.73. The number of ether oxygens (including phenoxy) is 1. The number of aryl methyl sites for hydroxylation is 1. The Hall–Kier alpha value is -2.71. The van der Waals surface area contributed by atoms with E-state index in [1.807, 2.05) is 50.2 Å². The van der Waals surface area contributed by atoms with Gasteiger partial charge in [-0.2, -0.15) is 0 Å². The van der Waals surface area contributed by atoms with Gasteiger partial charge in [0.1, 0.15) is 16.4 Å². The van der Waals surface area contributed by atoms with E-state index in [1.54, 1.807) is 6.92 Å². The SMILES string of the molecule is COC(=O)c1c(NC(=O)C(C)Sc2cc(-c3ccccc3)ncn2)sc(C)c1C. The molecule has 0 saturated heterocycles. The Kier molecular flexibility index (Phi) is 6.66. The Morgan fingerprint density at radius 3 is 2.59 bits per heavy atom. The third-order valence-corrected chi connectivity index (χ3v) is 6.54. The molecule has 0 aliphatic heterocycles. The number of nitrogens with one attached hydrogen (secondary N) is 1. The Morgan fingerprint density at radius 1 is 1.17 bits per heavy atom. The molecule has 0 aliphatic carbocycles. The van der Waals surface area contributed by atoms with Gasteiger partial charge in [-0.05, 0) is 32.4 Å². The summed E-state index contributed by atoms with van der Waals surface area (Å²) in [6.07, 6.45) is 1.50. The van der Waals surface area contributed by atoms with Gasteiger partial charge in [0.15, 0.2) is 0 Å². The van der Waals surface area contributed by atoms with Crippen LogP contribution in [0.15, 0.2) is 47.8 Å². The highest BCUT2D eigenvalue weighted by atomic mass is 32.2. The third-order valence-electron chi connectivity index (χ3n) is 4.39. The van der Waals surface area contributed by atoms with Crippen molar-refractivity contribution in [3.05, 3.63) is 58.7 Å². The molecule has 1 unspecified atom stereocenters. The van der Waals surface area contributed by atoms with Crippen LogP contribution in [0.5, 0.6) is 0 Å². The van der Waals surface area contributed by atoms with Gasteiger partial charge in [-0.15, -0.1) is 11.3 Å². The molecule has 0 aliphatic rings. The fourth-order valence-electron chi connectivity index (χ4n) is 2.68. The van der Waals surface area contributed by atoms with Crippen LogP contribution in [-0.2, 0) is 9.53 Å². The van der Waals surface area contributed by atoms with Gasteiger partial charge in [-0.25, -0.2) is 14.8 Å². The Labute approximate surface area is 177 Å². The van der Waals surface area contributed by atoms with Crippen LogP contribution in [0.1, 0.15) is 27.7 Å². The molecule has 0 bridgehead atoms. The normalized spacial score (nSPS) is 11.7. The van der Waals surface area contributed by atoms with Crippen molar-refractivity contribution in [2.45, 2.75) is 31.0 Å². The minimum Gasteiger partial charge on any atom is -0.465 e. The van der Waals surface area contributed by atoms with Gasteiger partial charge >= 0.3 is 5.97 Å². The molecule has 150 valence electrons. The van der Waals surface area contributed by atoms with Gasteiger partial charge in [0, 0.05) is 10.4 Å². The number of hydrogen-bond acceptors (Lipinski definition) is 7. The number of benzene rings is 1. The summed E-state index contributed by atoms with van der Waals surface area (Å²) in [4.78, 5) is 34.4. The molecule has 0 spiro atoms. The van der Waals surface area contributed by atoms with Crippen molar-refractivity contribution in [3.63, 3.8) is 0 Å². The molecule has 8 heteroatoms. The first-order valence-electron chi connectivity index (χ1n) is 8.94. The molecule has 3 rings (SSSR count). The number of esters is 1. The fourth-order valence-corrected chi connectivity index (χ4v) is 4.55. The van der Waals surface area contributed by atoms with Gasteiger partial charge in [0.25, 0.3) is 0 Å². The lowest BCUT2D eigenvalue weighted by Gasteiger charge is -2.12. The zero-order chi connectivity index (χ0) is 21.0. The molecule has 2 heterocycles. The lowest BCUT2D eigenvalue weighted by atomic mass is 10.1. The van der Waals surface area contributed by atoms with Crippen molar-refractivity contribution in [1.29, 1.82) is 0 Å². The van der Waals surface area contributed by atoms with Crippen molar-refractivity contribution in [2.24, 2.45) is 0 Å². The molecular formula is C21H21N3O3S2. The highest BCUT2D eigenvalue weighted by Crippen LogP contribution is 2.34. The minimum absolute atomic E-state index is 0.207. The van der Waals surface area contributed by atoms with E-state index in [0.29, 0.717) is 15.6 Å². The van der Waals surface area contributed by atoms with E-state index in [4.69, 9.17) is 4.74 Å². The van der Waals surface area contributed by atoms with Crippen LogP contribution in [0.2, 0.25) is 0 Å². The van der Waals surface area contributed by atoms with Crippen molar-refractivity contribution >= 4 is 40.0 Å². The maximum atomic E-state index is 12.7. The number of rotatable bonds is 6. The summed E-state index contributed by atoms with van der Waals surface area (Å²) < 4.78 is 4.86. The number of thiophene rings is 1. The van der Waals surface area contributed by atoms with Gasteiger partial charge in [0.05, 0.1) is 23.6 Å². The smallest absolute Gasteiger partial charge is 0.341 e. The number of amides is 1. The van der Waals surface area contributed by atoms with Crippen LogP contribution in [0.25, 0.3) is 11.3 Å². The van der Waals surface area contributed by atoms with Gasteiger partial charge in [-0.3, -0.25) is 4.79 Å². The lowest BCUT2D eigenvalue weighted by molar-refractivity contribution is -0.115. The first kappa shape index (κ1) is 21.0. The second kappa shape index (κ2) is 9.19. The number of carbonyl (C=O) groups is 2. The molecule has 0 saturated carbocycles. The number of hydrogen-bond donors (Lipinski definition) is 1. The molecule has 3 aromatic rings. The van der Waals surface area contributed by atoms with Gasteiger partial charge in [-0.1, -0.05) is 42.1 Å². The number of nitrogens with zero attached hydrogens (tertiary/aromatic N) is 2. The Bertz CT molecular complexity index is 1030. The van der Waals surface area contributed by atoms with E-state index in [9.17, 15) is 9.59 Å². The summed E-state index contributed by atoms with van der Waals surface area (Å²) >= 11 is 2.70. The van der Waals surface area contributed by atoms with Crippen molar-refractivity contribution < 1.29 is 14.3 Å². The average molecular weight is 428 g/mol. The highest BCUT2D eigenvalue weighted by molar-refractivity contribution is 8.00. The predicted molar refractivity (Wildman–Crippen MR) is 117 cm³/mol. The van der Waals surface area contributed by atoms with Crippen LogP contribution < -0.4 is 5.32 Å². The van der Waals surface area contributed by atoms with Gasteiger partial charge < -0.3 is 10.1 Å². The zero-order valence-electron chi connectivity index (χ0n) is 16.6. The van der Waals surface area contributed by atoms with Crippen molar-refractivity contribution in [2.75, 3.05) is 12.4 Å². The molecule has 29 heavy (non-hydrogen) atoms. The molecule has 2 aromatic heterocycles. The molecule has 1 amide bonds. The maximum Gasteiger partial charge on any atom is 0.341 e. The molecule has 6 nitrogen and oxygen atoms in total. The van der Waals surface area contributed by atoms with Crippen LogP contribution >= 0.6 is 23.1 Å². The quantitative estimate of drug-likeness (QED) is 0.348. The molecule has 0 radical (unpaired) electrons. The van der Waals surface area contributed by atoms with E-state index in [0.717, 1.165) is 21.7 Å². The first-order chi connectivity index (χ1) is 13.9. The van der Waals surface area contributed by atoms with Crippen molar-refractivity contribution in [1.82, 2.24) is 9.97 Å². The van der Waals surface area contributed by atoms with Crippen LogP contribution in [-0.4, -0.2) is 34.2 Å². The van der Waals surface area contributed by atoms with E-state index in [1.165, 1.54) is 36.5 Å². The second-order valence-electron chi connectivity index (χ2n) is 6.34. The number of aromatic nitrogens is 2. The minimum atomic E-state index is -0.453. The molecule has 0 fully saturated rings. The third kappa shape index (κ3) is 4.83. The number of methoxy groups -OCH3 is 1. The zero-order valence-corrected chi connectivity index (χ0v) is 18.2. The standard InChI is InChI=1S/C21H21N3O3S2/c1-12-13(2)29-20(18(12)21(26)27-4)24-19(25)14(3)28-17-10-16(22-11-23-17)15-8-6-5-7-9-15/h5-11,14H,1-4H3,(H,24,25). The summed E-state index contributed by atoms with van der Waals surface area (Å²) in [6, 6.07) is 11.7. The van der Waals surface area contributed by atoms with E-state index < -0.39 is 11.2 Å². The lowest BCUT2D eigenvalue weighted by Crippen LogP contribution is -2.23. The summed E-state index contributed by atoms with van der Waals surface area (Å²) in [6.45, 7) is 5.56. The summed E-state index contributed by atoms with van der Waals surface area (Å²) in [5, 5.41) is 3.67. The summed E-state index contributed by atoms with van der Waals surface area (Å²) in [5.41, 5.74) is 3.02. The van der Waals surface area contributed by atoms with Crippen LogP contribution in [0.3, 0.4) is 0 Å². The Balaban J connectivity index is 1.74. The average Bonchev–Trinajstić information content (AvgIpc) is 3.01.